The van der Waals surface area contributed by atoms with Crippen LogP contribution in [0, 0.1) is 6.92 Å². The number of aryl methyl sites for hydroxylation is 1. The fourth-order valence-corrected chi connectivity index (χ4v) is 3.89. The third-order valence-electron chi connectivity index (χ3n) is 4.25. The lowest BCUT2D eigenvalue weighted by atomic mass is 10.1. The van der Waals surface area contributed by atoms with E-state index in [0.717, 1.165) is 18.0 Å². The summed E-state index contributed by atoms with van der Waals surface area (Å²) in [7, 11) is 0. The van der Waals surface area contributed by atoms with Crippen molar-refractivity contribution >= 4 is 11.3 Å². The summed E-state index contributed by atoms with van der Waals surface area (Å²) in [5.74, 6) is 1.07. The van der Waals surface area contributed by atoms with Crippen molar-refractivity contribution in [3.8, 4) is 0 Å². The molecule has 1 N–H and O–H groups in total. The Hall–Kier alpha value is -1.17. The molecule has 2 aromatic rings. The Morgan fingerprint density at radius 2 is 2.24 bits per heavy atom. The summed E-state index contributed by atoms with van der Waals surface area (Å²) in [6.45, 7) is 7.53. The number of hydrogen-bond acceptors (Lipinski definition) is 5. The maximum Gasteiger partial charge on any atom is 0.122 e. The van der Waals surface area contributed by atoms with Crippen LogP contribution in [0.1, 0.15) is 48.2 Å². The molecule has 1 aliphatic heterocycles. The van der Waals surface area contributed by atoms with Gasteiger partial charge in [-0.15, -0.1) is 11.3 Å². The standard InChI is InChI=1S/C16H23N3OS/c1-12(16-13(2)18-11-21-16)17-10-14(15-6-5-9-20-15)19-7-3-4-8-19/h5-6,9,11-12,14,17H,3-4,7-8,10H2,1-2H3. The summed E-state index contributed by atoms with van der Waals surface area (Å²) in [4.78, 5) is 8.20. The molecule has 5 heteroatoms. The molecule has 0 aliphatic carbocycles. The molecule has 0 radical (unpaired) electrons. The number of likely N-dealkylation sites (tertiary alicyclic amines) is 1. The highest BCUT2D eigenvalue weighted by Crippen LogP contribution is 2.27. The molecule has 4 nitrogen and oxygen atoms in total. The lowest BCUT2D eigenvalue weighted by Gasteiger charge is -2.27. The molecule has 21 heavy (non-hydrogen) atoms. The van der Waals surface area contributed by atoms with Gasteiger partial charge in [-0.2, -0.15) is 0 Å². The Kier molecular flexibility index (Phi) is 4.73. The van der Waals surface area contributed by atoms with E-state index in [9.17, 15) is 0 Å². The summed E-state index contributed by atoms with van der Waals surface area (Å²) < 4.78 is 5.66. The topological polar surface area (TPSA) is 41.3 Å². The summed E-state index contributed by atoms with van der Waals surface area (Å²) in [5.41, 5.74) is 3.06. The predicted octanol–water partition coefficient (Wildman–Crippen LogP) is 3.53. The molecule has 2 unspecified atom stereocenters. The van der Waals surface area contributed by atoms with E-state index in [1.807, 2.05) is 11.6 Å². The molecule has 0 aromatic carbocycles. The van der Waals surface area contributed by atoms with E-state index >= 15 is 0 Å². The first-order valence-corrected chi connectivity index (χ1v) is 8.54. The van der Waals surface area contributed by atoms with Gasteiger partial charge in [-0.25, -0.2) is 4.98 Å². The zero-order valence-electron chi connectivity index (χ0n) is 12.7. The molecular formula is C16H23N3OS. The van der Waals surface area contributed by atoms with Crippen LogP contribution >= 0.6 is 11.3 Å². The van der Waals surface area contributed by atoms with Crippen LogP contribution < -0.4 is 5.32 Å². The molecule has 0 bridgehead atoms. The number of furan rings is 1. The fraction of sp³-hybridized carbons (Fsp3) is 0.562. The van der Waals surface area contributed by atoms with Crippen molar-refractivity contribution in [2.24, 2.45) is 0 Å². The van der Waals surface area contributed by atoms with Crippen molar-refractivity contribution < 1.29 is 4.42 Å². The Balaban J connectivity index is 1.66. The van der Waals surface area contributed by atoms with Gasteiger partial charge in [-0.3, -0.25) is 4.90 Å². The van der Waals surface area contributed by atoms with E-state index in [1.165, 1.54) is 30.8 Å². The summed E-state index contributed by atoms with van der Waals surface area (Å²) in [6, 6.07) is 4.73. The van der Waals surface area contributed by atoms with Crippen molar-refractivity contribution in [1.82, 2.24) is 15.2 Å². The van der Waals surface area contributed by atoms with Gasteiger partial charge in [0.1, 0.15) is 5.76 Å². The molecule has 1 fully saturated rings. The second-order valence-electron chi connectivity index (χ2n) is 5.71. The van der Waals surface area contributed by atoms with E-state index in [-0.39, 0.29) is 0 Å². The van der Waals surface area contributed by atoms with Crippen LogP contribution in [0.5, 0.6) is 0 Å². The molecule has 1 aliphatic rings. The molecule has 114 valence electrons. The maximum atomic E-state index is 5.66. The van der Waals surface area contributed by atoms with Gasteiger partial charge in [0.05, 0.1) is 23.5 Å². The lowest BCUT2D eigenvalue weighted by molar-refractivity contribution is 0.206. The van der Waals surface area contributed by atoms with Crippen LogP contribution in [0.3, 0.4) is 0 Å². The summed E-state index contributed by atoms with van der Waals surface area (Å²) in [6.07, 6.45) is 4.36. The largest absolute Gasteiger partial charge is 0.468 e. The Morgan fingerprint density at radius 3 is 2.86 bits per heavy atom. The highest BCUT2D eigenvalue weighted by atomic mass is 32.1. The Labute approximate surface area is 130 Å². The predicted molar refractivity (Wildman–Crippen MR) is 85.5 cm³/mol. The molecule has 0 saturated carbocycles. The lowest BCUT2D eigenvalue weighted by Crippen LogP contribution is -2.35. The smallest absolute Gasteiger partial charge is 0.122 e. The highest BCUT2D eigenvalue weighted by Gasteiger charge is 2.26. The zero-order chi connectivity index (χ0) is 14.7. The van der Waals surface area contributed by atoms with Crippen LogP contribution in [-0.4, -0.2) is 29.5 Å². The van der Waals surface area contributed by atoms with E-state index < -0.39 is 0 Å². The van der Waals surface area contributed by atoms with Gasteiger partial charge in [-0.1, -0.05) is 0 Å². The number of nitrogens with one attached hydrogen (secondary N) is 1. The average Bonchev–Trinajstić information content (AvgIpc) is 3.21. The fourth-order valence-electron chi connectivity index (χ4n) is 3.05. The normalized spacial score (nSPS) is 19.0. The minimum Gasteiger partial charge on any atom is -0.468 e. The second-order valence-corrected chi connectivity index (χ2v) is 6.59. The van der Waals surface area contributed by atoms with Crippen molar-refractivity contribution in [1.29, 1.82) is 0 Å². The van der Waals surface area contributed by atoms with Gasteiger partial charge in [0, 0.05) is 17.5 Å². The average molecular weight is 305 g/mol. The summed E-state index contributed by atoms with van der Waals surface area (Å²) in [5, 5.41) is 3.66. The van der Waals surface area contributed by atoms with Crippen LogP contribution in [-0.2, 0) is 0 Å². The third kappa shape index (κ3) is 3.36. The van der Waals surface area contributed by atoms with E-state index in [1.54, 1.807) is 17.6 Å². The first-order valence-electron chi connectivity index (χ1n) is 7.66. The van der Waals surface area contributed by atoms with Gasteiger partial charge in [0.15, 0.2) is 0 Å². The summed E-state index contributed by atoms with van der Waals surface area (Å²) >= 11 is 1.73. The number of rotatable bonds is 6. The van der Waals surface area contributed by atoms with Gasteiger partial charge >= 0.3 is 0 Å². The Morgan fingerprint density at radius 1 is 1.43 bits per heavy atom. The number of thiazole rings is 1. The van der Waals surface area contributed by atoms with Crippen molar-refractivity contribution in [3.63, 3.8) is 0 Å². The van der Waals surface area contributed by atoms with Gasteiger partial charge < -0.3 is 9.73 Å². The van der Waals surface area contributed by atoms with Crippen molar-refractivity contribution in [2.75, 3.05) is 19.6 Å². The van der Waals surface area contributed by atoms with Crippen LogP contribution in [0.2, 0.25) is 0 Å². The van der Waals surface area contributed by atoms with Crippen molar-refractivity contribution in [2.45, 2.75) is 38.8 Å². The van der Waals surface area contributed by atoms with Gasteiger partial charge in [0.2, 0.25) is 0 Å². The zero-order valence-corrected chi connectivity index (χ0v) is 13.5. The van der Waals surface area contributed by atoms with Gasteiger partial charge in [-0.05, 0) is 51.9 Å². The second kappa shape index (κ2) is 6.73. The molecule has 3 heterocycles. The quantitative estimate of drug-likeness (QED) is 0.886. The van der Waals surface area contributed by atoms with Crippen LogP contribution in [0.4, 0.5) is 0 Å². The van der Waals surface area contributed by atoms with Crippen LogP contribution in [0.15, 0.2) is 28.3 Å². The number of nitrogens with zero attached hydrogens (tertiary/aromatic N) is 2. The van der Waals surface area contributed by atoms with E-state index in [4.69, 9.17) is 4.42 Å². The first-order chi connectivity index (χ1) is 10.3. The molecule has 3 rings (SSSR count). The minimum atomic E-state index is 0.331. The highest BCUT2D eigenvalue weighted by molar-refractivity contribution is 7.09. The molecule has 0 amide bonds. The third-order valence-corrected chi connectivity index (χ3v) is 5.36. The minimum absolute atomic E-state index is 0.331. The SMILES string of the molecule is Cc1ncsc1C(C)NCC(c1ccco1)N1CCCC1. The van der Waals surface area contributed by atoms with E-state index in [0.29, 0.717) is 12.1 Å². The monoisotopic (exact) mass is 305 g/mol. The first kappa shape index (κ1) is 14.8. The number of hydrogen-bond donors (Lipinski definition) is 1. The van der Waals surface area contributed by atoms with E-state index in [2.05, 4.69) is 35.1 Å². The maximum absolute atomic E-state index is 5.66. The molecule has 0 spiro atoms. The molecular weight excluding hydrogens is 282 g/mol. The molecule has 1 saturated heterocycles. The van der Waals surface area contributed by atoms with Crippen molar-refractivity contribution in [3.05, 3.63) is 40.2 Å². The Bertz CT molecular complexity index is 546. The van der Waals surface area contributed by atoms with Gasteiger partial charge in [0.25, 0.3) is 0 Å². The van der Waals surface area contributed by atoms with Crippen LogP contribution in [0.25, 0.3) is 0 Å². The molecule has 2 aromatic heterocycles. The number of aromatic nitrogens is 1. The molecule has 2 atom stereocenters.